The number of hydrogen-bond donors (Lipinski definition) is 0. The fraction of sp³-hybridized carbons (Fsp3) is 0. The van der Waals surface area contributed by atoms with Gasteiger partial charge in [-0.05, 0) is 74.1 Å². The summed E-state index contributed by atoms with van der Waals surface area (Å²) in [7, 11) is 0. The van der Waals surface area contributed by atoms with Crippen LogP contribution in [0.25, 0.3) is 105 Å². The van der Waals surface area contributed by atoms with Gasteiger partial charge in [0.25, 0.3) is 0 Å². The largest absolute Gasteiger partial charge is 0.309 e. The molecule has 11 aromatic rings. The highest BCUT2D eigenvalue weighted by Gasteiger charge is 2.21. The zero-order valence-corrected chi connectivity index (χ0v) is 30.9. The maximum absolute atomic E-state index is 5.36. The second-order valence-electron chi connectivity index (χ2n) is 14.4. The Morgan fingerprint density at radius 1 is 0.298 bits per heavy atom. The Bertz CT molecular complexity index is 3290. The van der Waals surface area contributed by atoms with Crippen LogP contribution in [0, 0.1) is 0 Å². The highest BCUT2D eigenvalue weighted by molar-refractivity contribution is 6.16. The molecule has 4 heteroatoms. The van der Waals surface area contributed by atoms with Gasteiger partial charge in [-0.25, -0.2) is 15.0 Å². The molecular formula is C53H34N4. The van der Waals surface area contributed by atoms with Crippen LogP contribution in [0.2, 0.25) is 0 Å². The van der Waals surface area contributed by atoms with Gasteiger partial charge >= 0.3 is 0 Å². The van der Waals surface area contributed by atoms with E-state index in [1.165, 1.54) is 27.1 Å². The number of nitrogens with zero attached hydrogens (tertiary/aromatic N) is 4. The molecule has 0 N–H and O–H groups in total. The van der Waals surface area contributed by atoms with E-state index in [4.69, 9.17) is 15.0 Å². The van der Waals surface area contributed by atoms with Crippen molar-refractivity contribution in [3.05, 3.63) is 206 Å². The van der Waals surface area contributed by atoms with Gasteiger partial charge in [0.05, 0.1) is 11.0 Å². The van der Waals surface area contributed by atoms with Gasteiger partial charge in [-0.2, -0.15) is 0 Å². The van der Waals surface area contributed by atoms with Gasteiger partial charge in [-0.1, -0.05) is 176 Å². The molecule has 57 heavy (non-hydrogen) atoms. The van der Waals surface area contributed by atoms with E-state index in [9.17, 15) is 0 Å². The Hall–Kier alpha value is -7.69. The Balaban J connectivity index is 1.14. The van der Waals surface area contributed by atoms with E-state index in [0.717, 1.165) is 60.9 Å². The molecule has 2 aromatic heterocycles. The second kappa shape index (κ2) is 13.6. The first kappa shape index (κ1) is 32.7. The average molecular weight is 727 g/mol. The van der Waals surface area contributed by atoms with E-state index >= 15 is 0 Å². The Morgan fingerprint density at radius 2 is 0.842 bits per heavy atom. The van der Waals surface area contributed by atoms with Crippen LogP contribution in [-0.4, -0.2) is 19.5 Å². The standard InChI is InChI=1S/C53H34N4/c1-3-17-37(18-4-1)51-54-52(56-53(55-51)45-29-14-20-36-32-33-38(34-47(36)45)41-27-13-19-35-16-7-8-23-40(35)41)44-25-10-9-24-42(44)43-28-15-31-49-50(43)46-26-11-12-30-48(46)57(49)39-21-5-2-6-22-39/h1-34H. The third-order valence-corrected chi connectivity index (χ3v) is 11.1. The third-order valence-electron chi connectivity index (χ3n) is 11.1. The molecule has 2 heterocycles. The fourth-order valence-electron chi connectivity index (χ4n) is 8.46. The van der Waals surface area contributed by atoms with Crippen molar-refractivity contribution < 1.29 is 0 Å². The number of rotatable bonds is 6. The van der Waals surface area contributed by atoms with Crippen LogP contribution in [0.3, 0.4) is 0 Å². The molecule has 0 atom stereocenters. The summed E-state index contributed by atoms with van der Waals surface area (Å²) < 4.78 is 2.36. The topological polar surface area (TPSA) is 43.6 Å². The van der Waals surface area contributed by atoms with E-state index in [2.05, 4.69) is 193 Å². The number of aromatic nitrogens is 4. The molecule has 0 fully saturated rings. The monoisotopic (exact) mass is 726 g/mol. The van der Waals surface area contributed by atoms with Crippen LogP contribution in [0.5, 0.6) is 0 Å². The van der Waals surface area contributed by atoms with Gasteiger partial charge in [-0.15, -0.1) is 0 Å². The van der Waals surface area contributed by atoms with Gasteiger partial charge < -0.3 is 4.57 Å². The lowest BCUT2D eigenvalue weighted by molar-refractivity contribution is 1.08. The summed E-state index contributed by atoms with van der Waals surface area (Å²) in [4.78, 5) is 15.8. The molecule has 0 amide bonds. The predicted molar refractivity (Wildman–Crippen MR) is 236 cm³/mol. The minimum absolute atomic E-state index is 0.625. The zero-order chi connectivity index (χ0) is 37.7. The summed E-state index contributed by atoms with van der Waals surface area (Å²) in [6.45, 7) is 0. The predicted octanol–water partition coefficient (Wildman–Crippen LogP) is 13.6. The summed E-state index contributed by atoms with van der Waals surface area (Å²) in [5.74, 6) is 1.89. The minimum Gasteiger partial charge on any atom is -0.309 e. The van der Waals surface area contributed by atoms with E-state index < -0.39 is 0 Å². The lowest BCUT2D eigenvalue weighted by atomic mass is 9.94. The van der Waals surface area contributed by atoms with E-state index in [0.29, 0.717) is 17.5 Å². The molecule has 11 rings (SSSR count). The molecule has 266 valence electrons. The first-order chi connectivity index (χ1) is 28.3. The van der Waals surface area contributed by atoms with Crippen molar-refractivity contribution in [2.75, 3.05) is 0 Å². The molecule has 0 bridgehead atoms. The Kier molecular flexibility index (Phi) is 7.78. The van der Waals surface area contributed by atoms with E-state index in [-0.39, 0.29) is 0 Å². The van der Waals surface area contributed by atoms with Crippen LogP contribution in [-0.2, 0) is 0 Å². The molecule has 0 unspecified atom stereocenters. The van der Waals surface area contributed by atoms with Crippen molar-refractivity contribution in [2.24, 2.45) is 0 Å². The molecule has 4 nitrogen and oxygen atoms in total. The molecular weight excluding hydrogens is 693 g/mol. The van der Waals surface area contributed by atoms with Crippen molar-refractivity contribution in [2.45, 2.75) is 0 Å². The lowest BCUT2D eigenvalue weighted by Gasteiger charge is -2.14. The smallest absolute Gasteiger partial charge is 0.164 e. The number of hydrogen-bond acceptors (Lipinski definition) is 3. The molecule has 0 saturated heterocycles. The maximum Gasteiger partial charge on any atom is 0.164 e. The molecule has 0 aliphatic carbocycles. The van der Waals surface area contributed by atoms with Gasteiger partial charge in [0.1, 0.15) is 0 Å². The average Bonchev–Trinajstić information content (AvgIpc) is 3.63. The quantitative estimate of drug-likeness (QED) is 0.171. The third kappa shape index (κ3) is 5.58. The fourth-order valence-corrected chi connectivity index (χ4v) is 8.46. The first-order valence-corrected chi connectivity index (χ1v) is 19.3. The van der Waals surface area contributed by atoms with Gasteiger partial charge in [0, 0.05) is 33.2 Å². The summed E-state index contributed by atoms with van der Waals surface area (Å²) in [5, 5.41) is 7.05. The van der Waals surface area contributed by atoms with Crippen LogP contribution >= 0.6 is 0 Å². The van der Waals surface area contributed by atoms with E-state index in [1.54, 1.807) is 0 Å². The van der Waals surface area contributed by atoms with E-state index in [1.807, 2.05) is 18.2 Å². The second-order valence-corrected chi connectivity index (χ2v) is 14.4. The molecule has 0 radical (unpaired) electrons. The van der Waals surface area contributed by atoms with Crippen molar-refractivity contribution in [3.63, 3.8) is 0 Å². The molecule has 9 aromatic carbocycles. The van der Waals surface area contributed by atoms with Crippen molar-refractivity contribution in [3.8, 4) is 62.1 Å². The number of benzene rings is 9. The molecule has 0 aliphatic heterocycles. The summed E-state index contributed by atoms with van der Waals surface area (Å²) in [6.07, 6.45) is 0. The summed E-state index contributed by atoms with van der Waals surface area (Å²) in [6, 6.07) is 72.8. The van der Waals surface area contributed by atoms with Gasteiger partial charge in [0.15, 0.2) is 17.5 Å². The van der Waals surface area contributed by atoms with Gasteiger partial charge in [0.2, 0.25) is 0 Å². The van der Waals surface area contributed by atoms with Crippen molar-refractivity contribution in [1.82, 2.24) is 19.5 Å². The molecule has 0 aliphatic rings. The maximum atomic E-state index is 5.36. The van der Waals surface area contributed by atoms with Crippen LogP contribution in [0.4, 0.5) is 0 Å². The highest BCUT2D eigenvalue weighted by Crippen LogP contribution is 2.42. The number of para-hydroxylation sites is 2. The van der Waals surface area contributed by atoms with Crippen molar-refractivity contribution >= 4 is 43.4 Å². The number of fused-ring (bicyclic) bond motifs is 5. The summed E-state index contributed by atoms with van der Waals surface area (Å²) >= 11 is 0. The lowest BCUT2D eigenvalue weighted by Crippen LogP contribution is -2.01. The minimum atomic E-state index is 0.625. The van der Waals surface area contributed by atoms with Crippen LogP contribution < -0.4 is 0 Å². The Morgan fingerprint density at radius 3 is 1.67 bits per heavy atom. The molecule has 0 saturated carbocycles. The van der Waals surface area contributed by atoms with Crippen LogP contribution in [0.1, 0.15) is 0 Å². The SMILES string of the molecule is c1ccc(-c2nc(-c3ccccc3-c3cccc4c3c3ccccc3n4-c3ccccc3)nc(-c3cccc4ccc(-c5cccc6ccccc56)cc34)n2)cc1. The highest BCUT2D eigenvalue weighted by atomic mass is 15.0. The zero-order valence-electron chi connectivity index (χ0n) is 30.9. The van der Waals surface area contributed by atoms with Crippen LogP contribution in [0.15, 0.2) is 206 Å². The van der Waals surface area contributed by atoms with Crippen molar-refractivity contribution in [1.29, 1.82) is 0 Å². The summed E-state index contributed by atoms with van der Waals surface area (Å²) in [5.41, 5.74) is 10.8. The normalized spacial score (nSPS) is 11.5. The van der Waals surface area contributed by atoms with Gasteiger partial charge in [-0.3, -0.25) is 0 Å². The molecule has 0 spiro atoms. The first-order valence-electron chi connectivity index (χ1n) is 19.3. The Labute approximate surface area is 330 Å².